The molecule has 3 aromatic carbocycles. The minimum atomic E-state index is 0.355. The van der Waals surface area contributed by atoms with Crippen molar-refractivity contribution in [3.8, 4) is 5.75 Å². The van der Waals surface area contributed by atoms with Crippen molar-refractivity contribution in [2.24, 2.45) is 4.99 Å². The van der Waals surface area contributed by atoms with Crippen molar-refractivity contribution in [1.29, 1.82) is 0 Å². The summed E-state index contributed by atoms with van der Waals surface area (Å²) < 4.78 is 5.77. The van der Waals surface area contributed by atoms with Gasteiger partial charge in [0.1, 0.15) is 6.61 Å². The Hall–Kier alpha value is -2.00. The van der Waals surface area contributed by atoms with Crippen LogP contribution in [0.15, 0.2) is 65.7 Å². The van der Waals surface area contributed by atoms with E-state index in [1.807, 2.05) is 55.5 Å². The van der Waals surface area contributed by atoms with Crippen molar-refractivity contribution < 1.29 is 4.74 Å². The largest absolute Gasteiger partial charge is 0.486 e. The molecule has 0 atom stereocenters. The predicted molar refractivity (Wildman–Crippen MR) is 111 cm³/mol. The fraction of sp³-hybridized carbons (Fsp3) is 0.0952. The van der Waals surface area contributed by atoms with Crippen LogP contribution in [0.2, 0.25) is 15.1 Å². The monoisotopic (exact) mass is 403 g/mol. The van der Waals surface area contributed by atoms with Crippen molar-refractivity contribution in [2.75, 3.05) is 0 Å². The molecular weight excluding hydrogens is 389 g/mol. The van der Waals surface area contributed by atoms with Gasteiger partial charge in [0, 0.05) is 11.2 Å². The molecule has 0 N–H and O–H groups in total. The number of halogens is 3. The van der Waals surface area contributed by atoms with E-state index >= 15 is 0 Å². The zero-order chi connectivity index (χ0) is 18.5. The molecule has 3 rings (SSSR count). The van der Waals surface area contributed by atoms with Gasteiger partial charge in [-0.25, -0.2) is 0 Å². The molecule has 0 radical (unpaired) electrons. The molecule has 3 aromatic rings. The second-order valence-corrected chi connectivity index (χ2v) is 7.07. The van der Waals surface area contributed by atoms with E-state index in [2.05, 4.69) is 4.99 Å². The molecule has 0 amide bonds. The highest BCUT2D eigenvalue weighted by Crippen LogP contribution is 2.34. The van der Waals surface area contributed by atoms with Gasteiger partial charge >= 0.3 is 0 Å². The summed E-state index contributed by atoms with van der Waals surface area (Å²) in [6.07, 6.45) is 1.73. The highest BCUT2D eigenvalue weighted by atomic mass is 35.5. The quantitative estimate of drug-likeness (QED) is 0.409. The van der Waals surface area contributed by atoms with Crippen molar-refractivity contribution in [2.45, 2.75) is 13.5 Å². The van der Waals surface area contributed by atoms with Gasteiger partial charge in [-0.2, -0.15) is 0 Å². The van der Waals surface area contributed by atoms with Crippen LogP contribution in [0.25, 0.3) is 0 Å². The maximum Gasteiger partial charge on any atom is 0.157 e. The summed E-state index contributed by atoms with van der Waals surface area (Å²) in [5, 5.41) is 1.57. The van der Waals surface area contributed by atoms with Crippen molar-refractivity contribution in [1.82, 2.24) is 0 Å². The summed E-state index contributed by atoms with van der Waals surface area (Å²) in [6, 6.07) is 18.9. The summed E-state index contributed by atoms with van der Waals surface area (Å²) in [6.45, 7) is 2.39. The number of aryl methyl sites for hydroxylation is 1. The minimum absolute atomic E-state index is 0.355. The van der Waals surface area contributed by atoms with Gasteiger partial charge in [0.2, 0.25) is 0 Å². The molecule has 0 unspecified atom stereocenters. The van der Waals surface area contributed by atoms with Crippen molar-refractivity contribution in [3.63, 3.8) is 0 Å². The van der Waals surface area contributed by atoms with E-state index in [0.717, 1.165) is 16.8 Å². The van der Waals surface area contributed by atoms with Gasteiger partial charge < -0.3 is 4.74 Å². The second kappa shape index (κ2) is 8.59. The smallest absolute Gasteiger partial charge is 0.157 e. The van der Waals surface area contributed by atoms with Crippen LogP contribution in [0.4, 0.5) is 5.69 Å². The van der Waals surface area contributed by atoms with Crippen LogP contribution in [-0.4, -0.2) is 6.21 Å². The van der Waals surface area contributed by atoms with Gasteiger partial charge in [-0.3, -0.25) is 4.99 Å². The average molecular weight is 405 g/mol. The maximum absolute atomic E-state index is 6.34. The van der Waals surface area contributed by atoms with Gasteiger partial charge in [0.15, 0.2) is 5.75 Å². The first-order valence-electron chi connectivity index (χ1n) is 7.98. The van der Waals surface area contributed by atoms with Gasteiger partial charge in [0.05, 0.1) is 15.7 Å². The second-order valence-electron chi connectivity index (χ2n) is 5.82. The van der Waals surface area contributed by atoms with E-state index in [1.165, 1.54) is 5.56 Å². The zero-order valence-corrected chi connectivity index (χ0v) is 16.3. The van der Waals surface area contributed by atoms with Crippen molar-refractivity contribution >= 4 is 46.7 Å². The van der Waals surface area contributed by atoms with Crippen molar-refractivity contribution in [3.05, 3.63) is 92.4 Å². The molecule has 132 valence electrons. The molecular formula is C21H16Cl3NO. The Balaban J connectivity index is 1.73. The number of benzene rings is 3. The fourth-order valence-corrected chi connectivity index (χ4v) is 3.05. The third-order valence-electron chi connectivity index (χ3n) is 3.71. The zero-order valence-electron chi connectivity index (χ0n) is 14.0. The Morgan fingerprint density at radius 2 is 1.50 bits per heavy atom. The molecule has 0 spiro atoms. The Kier molecular flexibility index (Phi) is 6.20. The summed E-state index contributed by atoms with van der Waals surface area (Å²) >= 11 is 18.6. The maximum atomic E-state index is 6.34. The third-order valence-corrected chi connectivity index (χ3v) is 4.53. The first-order chi connectivity index (χ1) is 12.5. The Morgan fingerprint density at radius 1 is 0.885 bits per heavy atom. The number of rotatable bonds is 5. The first-order valence-corrected chi connectivity index (χ1v) is 9.12. The molecule has 5 heteroatoms. The number of ether oxygens (including phenoxy) is 1. The molecule has 0 aliphatic heterocycles. The van der Waals surface area contributed by atoms with Crippen LogP contribution >= 0.6 is 34.8 Å². The Labute approximate surface area is 168 Å². The molecule has 0 fully saturated rings. The van der Waals surface area contributed by atoms with Gasteiger partial charge in [-0.1, -0.05) is 64.6 Å². The summed E-state index contributed by atoms with van der Waals surface area (Å²) in [5.41, 5.74) is 3.84. The Morgan fingerprint density at radius 3 is 2.12 bits per heavy atom. The highest BCUT2D eigenvalue weighted by molar-refractivity contribution is 6.37. The topological polar surface area (TPSA) is 21.6 Å². The molecule has 0 saturated carbocycles. The molecule has 0 heterocycles. The van der Waals surface area contributed by atoms with Crippen LogP contribution in [-0.2, 0) is 6.61 Å². The standard InChI is InChI=1S/C21H16Cl3NO/c1-14-2-8-18(9-3-14)25-12-16-10-19(23)21(20(24)11-16)26-13-15-4-6-17(22)7-5-15/h2-12H,13H2,1H3. The lowest BCUT2D eigenvalue weighted by Crippen LogP contribution is -1.97. The molecule has 0 aliphatic carbocycles. The van der Waals surface area contributed by atoms with Gasteiger partial charge in [0.25, 0.3) is 0 Å². The number of aliphatic imine (C=N–C) groups is 1. The first kappa shape index (κ1) is 18.8. The molecule has 2 nitrogen and oxygen atoms in total. The molecule has 0 aliphatic rings. The van der Waals surface area contributed by atoms with E-state index in [9.17, 15) is 0 Å². The molecule has 0 aromatic heterocycles. The van der Waals surface area contributed by atoms with Crippen LogP contribution in [0.1, 0.15) is 16.7 Å². The van der Waals surface area contributed by atoms with Crippen LogP contribution in [0.5, 0.6) is 5.75 Å². The lowest BCUT2D eigenvalue weighted by Gasteiger charge is -2.11. The predicted octanol–water partition coefficient (Wildman–Crippen LogP) is 7.28. The van der Waals surface area contributed by atoms with Crippen LogP contribution in [0, 0.1) is 6.92 Å². The van der Waals surface area contributed by atoms with Crippen LogP contribution in [0.3, 0.4) is 0 Å². The lowest BCUT2D eigenvalue weighted by molar-refractivity contribution is 0.306. The Bertz CT molecular complexity index is 896. The highest BCUT2D eigenvalue weighted by Gasteiger charge is 2.09. The lowest BCUT2D eigenvalue weighted by atomic mass is 10.2. The normalized spacial score (nSPS) is 11.1. The van der Waals surface area contributed by atoms with Gasteiger partial charge in [-0.15, -0.1) is 0 Å². The third kappa shape index (κ3) is 5.01. The summed E-state index contributed by atoms with van der Waals surface area (Å²) in [7, 11) is 0. The van der Waals surface area contributed by atoms with Crippen LogP contribution < -0.4 is 4.74 Å². The van der Waals surface area contributed by atoms with E-state index in [0.29, 0.717) is 27.4 Å². The minimum Gasteiger partial charge on any atom is -0.486 e. The van der Waals surface area contributed by atoms with E-state index in [4.69, 9.17) is 39.5 Å². The fourth-order valence-electron chi connectivity index (χ4n) is 2.31. The molecule has 0 saturated heterocycles. The molecule has 0 bridgehead atoms. The van der Waals surface area contributed by atoms with E-state index in [-0.39, 0.29) is 0 Å². The van der Waals surface area contributed by atoms with E-state index < -0.39 is 0 Å². The number of hydrogen-bond donors (Lipinski definition) is 0. The van der Waals surface area contributed by atoms with E-state index in [1.54, 1.807) is 18.3 Å². The number of hydrogen-bond acceptors (Lipinski definition) is 2. The summed E-state index contributed by atoms with van der Waals surface area (Å²) in [4.78, 5) is 4.44. The number of nitrogens with zero attached hydrogens (tertiary/aromatic N) is 1. The molecule has 26 heavy (non-hydrogen) atoms. The average Bonchev–Trinajstić information content (AvgIpc) is 2.62. The SMILES string of the molecule is Cc1ccc(N=Cc2cc(Cl)c(OCc3ccc(Cl)cc3)c(Cl)c2)cc1. The summed E-state index contributed by atoms with van der Waals surface area (Å²) in [5.74, 6) is 0.454. The van der Waals surface area contributed by atoms with Gasteiger partial charge in [-0.05, 0) is 54.4 Å².